The Morgan fingerprint density at radius 3 is 2.62 bits per heavy atom. The summed E-state index contributed by atoms with van der Waals surface area (Å²) in [5.41, 5.74) is 6.40. The predicted octanol–water partition coefficient (Wildman–Crippen LogP) is 3.02. The number of hydrogen-bond acceptors (Lipinski definition) is 2. The number of hydrogen-bond donors (Lipinski definition) is 2. The molecule has 0 aliphatic rings. The van der Waals surface area contributed by atoms with Gasteiger partial charge in [-0.2, -0.15) is 0 Å². The Morgan fingerprint density at radius 2 is 2.12 bits per heavy atom. The second kappa shape index (κ2) is 5.66. The minimum atomic E-state index is -0.505. The van der Waals surface area contributed by atoms with Crippen LogP contribution in [0.3, 0.4) is 0 Å². The van der Waals surface area contributed by atoms with Gasteiger partial charge >= 0.3 is 0 Å². The highest BCUT2D eigenvalue weighted by molar-refractivity contribution is 9.10. The average Bonchev–Trinajstić information content (AvgIpc) is 2.22. The first-order valence-corrected chi connectivity index (χ1v) is 6.10. The number of nitrogens with one attached hydrogen (secondary N) is 1. The van der Waals surface area contributed by atoms with Gasteiger partial charge in [0, 0.05) is 10.2 Å². The maximum absolute atomic E-state index is 11.7. The van der Waals surface area contributed by atoms with E-state index in [0.29, 0.717) is 10.7 Å². The monoisotopic (exact) mass is 304 g/mol. The first-order chi connectivity index (χ1) is 7.41. The van der Waals surface area contributed by atoms with Crippen LogP contribution in [-0.4, -0.2) is 11.9 Å². The van der Waals surface area contributed by atoms with E-state index in [-0.39, 0.29) is 11.8 Å². The van der Waals surface area contributed by atoms with Crippen molar-refractivity contribution < 1.29 is 4.79 Å². The first-order valence-electron chi connectivity index (χ1n) is 4.93. The van der Waals surface area contributed by atoms with Gasteiger partial charge in [0.05, 0.1) is 11.1 Å². The number of benzene rings is 1. The zero-order valence-electron chi connectivity index (χ0n) is 9.13. The van der Waals surface area contributed by atoms with Crippen molar-refractivity contribution in [3.05, 3.63) is 27.7 Å². The quantitative estimate of drug-likeness (QED) is 0.902. The summed E-state index contributed by atoms with van der Waals surface area (Å²) in [6, 6.07) is 4.68. The number of halogens is 2. The summed E-state index contributed by atoms with van der Waals surface area (Å²) in [6.45, 7) is 3.81. The van der Waals surface area contributed by atoms with Crippen molar-refractivity contribution in [1.82, 2.24) is 0 Å². The fourth-order valence-corrected chi connectivity index (χ4v) is 1.60. The van der Waals surface area contributed by atoms with Crippen molar-refractivity contribution in [2.24, 2.45) is 11.7 Å². The summed E-state index contributed by atoms with van der Waals surface area (Å²) in [7, 11) is 0. The molecule has 0 saturated carbocycles. The number of rotatable bonds is 3. The number of nitrogens with two attached hydrogens (primary N) is 1. The highest BCUT2D eigenvalue weighted by Crippen LogP contribution is 2.25. The Kier molecular flexibility index (Phi) is 4.77. The molecule has 16 heavy (non-hydrogen) atoms. The van der Waals surface area contributed by atoms with Crippen molar-refractivity contribution >= 4 is 39.1 Å². The summed E-state index contributed by atoms with van der Waals surface area (Å²) >= 11 is 9.13. The first kappa shape index (κ1) is 13.5. The Labute approximate surface area is 108 Å². The van der Waals surface area contributed by atoms with E-state index < -0.39 is 6.04 Å². The van der Waals surface area contributed by atoms with Crippen LogP contribution in [0.1, 0.15) is 13.8 Å². The van der Waals surface area contributed by atoms with Crippen LogP contribution in [-0.2, 0) is 4.79 Å². The standard InChI is InChI=1S/C11H14BrClN2O/c1-6(2)10(14)11(16)15-7-3-4-9(13)8(12)5-7/h3-6,10H,14H2,1-2H3,(H,15,16)/t10-/m1/s1. The van der Waals surface area contributed by atoms with Crippen LogP contribution < -0.4 is 11.1 Å². The molecule has 88 valence electrons. The molecule has 0 aromatic heterocycles. The smallest absolute Gasteiger partial charge is 0.241 e. The minimum absolute atomic E-state index is 0.107. The second-order valence-electron chi connectivity index (χ2n) is 3.89. The molecule has 0 unspecified atom stereocenters. The van der Waals surface area contributed by atoms with E-state index in [1.807, 2.05) is 13.8 Å². The molecule has 0 radical (unpaired) electrons. The van der Waals surface area contributed by atoms with E-state index in [1.165, 1.54) is 0 Å². The molecule has 0 bridgehead atoms. The molecule has 0 spiro atoms. The van der Waals surface area contributed by atoms with Gasteiger partial charge in [-0.25, -0.2) is 0 Å². The van der Waals surface area contributed by atoms with E-state index in [2.05, 4.69) is 21.2 Å². The molecule has 1 atom stereocenters. The molecular formula is C11H14BrClN2O. The zero-order chi connectivity index (χ0) is 12.3. The van der Waals surface area contributed by atoms with Gasteiger partial charge in [0.2, 0.25) is 5.91 Å². The topological polar surface area (TPSA) is 55.1 Å². The van der Waals surface area contributed by atoms with Crippen molar-refractivity contribution in [3.63, 3.8) is 0 Å². The Bertz CT molecular complexity index is 396. The summed E-state index contributed by atoms with van der Waals surface area (Å²) < 4.78 is 0.741. The van der Waals surface area contributed by atoms with Gasteiger partial charge < -0.3 is 11.1 Å². The second-order valence-corrected chi connectivity index (χ2v) is 5.15. The third kappa shape index (κ3) is 3.47. The van der Waals surface area contributed by atoms with Crippen LogP contribution in [0.2, 0.25) is 5.02 Å². The van der Waals surface area contributed by atoms with Crippen LogP contribution in [0.25, 0.3) is 0 Å². The van der Waals surface area contributed by atoms with Crippen molar-refractivity contribution in [2.45, 2.75) is 19.9 Å². The van der Waals surface area contributed by atoms with Crippen molar-refractivity contribution in [1.29, 1.82) is 0 Å². The lowest BCUT2D eigenvalue weighted by Crippen LogP contribution is -2.39. The largest absolute Gasteiger partial charge is 0.325 e. The minimum Gasteiger partial charge on any atom is -0.325 e. The average molecular weight is 306 g/mol. The maximum Gasteiger partial charge on any atom is 0.241 e. The van der Waals surface area contributed by atoms with Gasteiger partial charge in [-0.1, -0.05) is 25.4 Å². The van der Waals surface area contributed by atoms with Crippen LogP contribution in [0.15, 0.2) is 22.7 Å². The third-order valence-corrected chi connectivity index (χ3v) is 3.42. The molecule has 3 nitrogen and oxygen atoms in total. The molecule has 1 aromatic rings. The van der Waals surface area contributed by atoms with Gasteiger partial charge in [0.15, 0.2) is 0 Å². The van der Waals surface area contributed by atoms with Gasteiger partial charge in [0.25, 0.3) is 0 Å². The molecule has 0 fully saturated rings. The summed E-state index contributed by atoms with van der Waals surface area (Å²) in [6.07, 6.45) is 0. The molecule has 0 saturated heterocycles. The lowest BCUT2D eigenvalue weighted by Gasteiger charge is -2.15. The molecule has 0 heterocycles. The summed E-state index contributed by atoms with van der Waals surface area (Å²) in [4.78, 5) is 11.7. The predicted molar refractivity (Wildman–Crippen MR) is 70.6 cm³/mol. The van der Waals surface area contributed by atoms with E-state index >= 15 is 0 Å². The highest BCUT2D eigenvalue weighted by Gasteiger charge is 2.17. The Hall–Kier alpha value is -0.580. The van der Waals surface area contributed by atoms with Crippen LogP contribution in [0.4, 0.5) is 5.69 Å². The molecule has 0 aliphatic heterocycles. The van der Waals surface area contributed by atoms with E-state index in [9.17, 15) is 4.79 Å². The summed E-state index contributed by atoms with van der Waals surface area (Å²) in [5, 5.41) is 3.34. The van der Waals surface area contributed by atoms with Gasteiger partial charge in [-0.3, -0.25) is 4.79 Å². The molecule has 5 heteroatoms. The van der Waals surface area contributed by atoms with Gasteiger partial charge in [-0.05, 0) is 40.0 Å². The molecule has 0 aliphatic carbocycles. The van der Waals surface area contributed by atoms with Crippen molar-refractivity contribution in [2.75, 3.05) is 5.32 Å². The lowest BCUT2D eigenvalue weighted by atomic mass is 10.1. The van der Waals surface area contributed by atoms with E-state index in [0.717, 1.165) is 4.47 Å². The summed E-state index contributed by atoms with van der Waals surface area (Å²) in [5.74, 6) is -0.0834. The van der Waals surface area contributed by atoms with Gasteiger partial charge in [-0.15, -0.1) is 0 Å². The third-order valence-electron chi connectivity index (χ3n) is 2.21. The van der Waals surface area contributed by atoms with Crippen molar-refractivity contribution in [3.8, 4) is 0 Å². The van der Waals surface area contributed by atoms with E-state index in [4.69, 9.17) is 17.3 Å². The Balaban J connectivity index is 2.74. The number of anilines is 1. The molecule has 1 amide bonds. The molecular weight excluding hydrogens is 291 g/mol. The fourth-order valence-electron chi connectivity index (χ4n) is 1.10. The number of amides is 1. The number of carbonyl (C=O) groups is 1. The van der Waals surface area contributed by atoms with Crippen LogP contribution >= 0.6 is 27.5 Å². The lowest BCUT2D eigenvalue weighted by molar-refractivity contribution is -0.118. The zero-order valence-corrected chi connectivity index (χ0v) is 11.5. The molecule has 3 N–H and O–H groups in total. The molecule has 1 rings (SSSR count). The van der Waals surface area contributed by atoms with Gasteiger partial charge in [0.1, 0.15) is 0 Å². The maximum atomic E-state index is 11.7. The number of carbonyl (C=O) groups excluding carboxylic acids is 1. The molecule has 1 aromatic carbocycles. The SMILES string of the molecule is CC(C)[C@@H](N)C(=O)Nc1ccc(Cl)c(Br)c1. The highest BCUT2D eigenvalue weighted by atomic mass is 79.9. The van der Waals surface area contributed by atoms with Crippen LogP contribution in [0, 0.1) is 5.92 Å². The normalized spacial score (nSPS) is 12.6. The van der Waals surface area contributed by atoms with Crippen LogP contribution in [0.5, 0.6) is 0 Å². The van der Waals surface area contributed by atoms with E-state index in [1.54, 1.807) is 18.2 Å². The fraction of sp³-hybridized carbons (Fsp3) is 0.364. The Morgan fingerprint density at radius 1 is 1.50 bits per heavy atom.